The van der Waals surface area contributed by atoms with Gasteiger partial charge >= 0.3 is 0 Å². The Morgan fingerprint density at radius 2 is 2.08 bits per heavy atom. The minimum Gasteiger partial charge on any atom is -0.496 e. The summed E-state index contributed by atoms with van der Waals surface area (Å²) in [6, 6.07) is 5.86. The summed E-state index contributed by atoms with van der Waals surface area (Å²) in [4.78, 5) is 27.7. The summed E-state index contributed by atoms with van der Waals surface area (Å²) in [5.41, 5.74) is 4.88. The van der Waals surface area contributed by atoms with E-state index in [-0.39, 0.29) is 11.7 Å². The van der Waals surface area contributed by atoms with E-state index in [0.717, 1.165) is 41.0 Å². The molecule has 3 rings (SSSR count). The van der Waals surface area contributed by atoms with Gasteiger partial charge in [-0.1, -0.05) is 12.1 Å². The first-order valence-corrected chi connectivity index (χ1v) is 8.17. The molecule has 5 heteroatoms. The summed E-state index contributed by atoms with van der Waals surface area (Å²) in [5, 5.41) is 2.91. The fourth-order valence-corrected chi connectivity index (χ4v) is 3.25. The van der Waals surface area contributed by atoms with Gasteiger partial charge in [-0.2, -0.15) is 0 Å². The summed E-state index contributed by atoms with van der Waals surface area (Å²) in [5.74, 6) is 0.750. The number of aromatic nitrogens is 1. The molecule has 24 heavy (non-hydrogen) atoms. The average molecular weight is 326 g/mol. The number of carbonyl (C=O) groups is 2. The van der Waals surface area contributed by atoms with Crippen LogP contribution in [0.3, 0.4) is 0 Å². The molecule has 0 unspecified atom stereocenters. The summed E-state index contributed by atoms with van der Waals surface area (Å²) in [7, 11) is 1.63. The third kappa shape index (κ3) is 2.94. The van der Waals surface area contributed by atoms with Gasteiger partial charge in [0.2, 0.25) is 0 Å². The number of Topliss-reactive ketones (excluding diaryl/α,β-unsaturated/α-hetero) is 1. The van der Waals surface area contributed by atoms with E-state index in [9.17, 15) is 9.59 Å². The van der Waals surface area contributed by atoms with Gasteiger partial charge in [-0.3, -0.25) is 9.59 Å². The van der Waals surface area contributed by atoms with Crippen molar-refractivity contribution >= 4 is 11.7 Å². The van der Waals surface area contributed by atoms with Crippen LogP contribution in [0.2, 0.25) is 0 Å². The van der Waals surface area contributed by atoms with Gasteiger partial charge in [0.05, 0.1) is 7.11 Å². The number of nitrogens with one attached hydrogen (secondary N) is 2. The predicted octanol–water partition coefficient (Wildman–Crippen LogP) is 3.09. The number of fused-ring (bicyclic) bond motifs is 1. The molecular formula is C19H22N2O3. The van der Waals surface area contributed by atoms with Crippen LogP contribution < -0.4 is 10.1 Å². The van der Waals surface area contributed by atoms with E-state index in [1.54, 1.807) is 7.11 Å². The van der Waals surface area contributed by atoms with Crippen LogP contribution in [0.15, 0.2) is 18.2 Å². The van der Waals surface area contributed by atoms with E-state index in [1.165, 1.54) is 0 Å². The van der Waals surface area contributed by atoms with Gasteiger partial charge in [0.1, 0.15) is 11.4 Å². The quantitative estimate of drug-likeness (QED) is 0.907. The molecule has 5 nitrogen and oxygen atoms in total. The first kappa shape index (κ1) is 16.3. The highest BCUT2D eigenvalue weighted by atomic mass is 16.5. The molecule has 0 bridgehead atoms. The molecule has 0 saturated carbocycles. The minimum atomic E-state index is -0.186. The molecule has 1 aromatic heterocycles. The lowest BCUT2D eigenvalue weighted by molar-refractivity contribution is 0.0945. The molecular weight excluding hydrogens is 304 g/mol. The van der Waals surface area contributed by atoms with Crippen LogP contribution in [0.25, 0.3) is 0 Å². The van der Waals surface area contributed by atoms with Crippen LogP contribution in [0.1, 0.15) is 56.1 Å². The molecule has 1 aliphatic rings. The molecule has 1 amide bonds. The second kappa shape index (κ2) is 6.51. The van der Waals surface area contributed by atoms with Crippen molar-refractivity contribution < 1.29 is 14.3 Å². The highest BCUT2D eigenvalue weighted by Gasteiger charge is 2.26. The Morgan fingerprint density at radius 3 is 2.79 bits per heavy atom. The molecule has 0 fully saturated rings. The van der Waals surface area contributed by atoms with Crippen molar-refractivity contribution in [2.45, 2.75) is 39.7 Å². The molecule has 2 N–H and O–H groups in total. The predicted molar refractivity (Wildman–Crippen MR) is 91.7 cm³/mol. The van der Waals surface area contributed by atoms with E-state index in [1.807, 2.05) is 32.0 Å². The maximum Gasteiger partial charge on any atom is 0.268 e. The summed E-state index contributed by atoms with van der Waals surface area (Å²) >= 11 is 0. The zero-order chi connectivity index (χ0) is 17.3. The second-order valence-corrected chi connectivity index (χ2v) is 6.24. The van der Waals surface area contributed by atoms with Crippen LogP contribution >= 0.6 is 0 Å². The Kier molecular flexibility index (Phi) is 4.42. The lowest BCUT2D eigenvalue weighted by Gasteiger charge is -2.09. The maximum atomic E-state index is 12.5. The zero-order valence-electron chi connectivity index (χ0n) is 14.3. The van der Waals surface area contributed by atoms with Crippen molar-refractivity contribution in [2.24, 2.45) is 0 Å². The van der Waals surface area contributed by atoms with E-state index >= 15 is 0 Å². The molecule has 2 aromatic rings. The highest BCUT2D eigenvalue weighted by Crippen LogP contribution is 2.26. The number of hydrogen-bond donors (Lipinski definition) is 2. The first-order chi connectivity index (χ1) is 11.5. The minimum absolute atomic E-state index is 0.132. The van der Waals surface area contributed by atoms with Crippen LogP contribution in [-0.4, -0.2) is 23.8 Å². The Bertz CT molecular complexity index is 805. The van der Waals surface area contributed by atoms with Gasteiger partial charge in [0.15, 0.2) is 5.78 Å². The number of ketones is 1. The Labute approximate surface area is 141 Å². The summed E-state index contributed by atoms with van der Waals surface area (Å²) in [6.45, 7) is 4.22. The SMILES string of the molecule is COc1cc(CNC(=O)c2[nH]c3c(c2C)C(=O)CCC3)ccc1C. The fraction of sp³-hybridized carbons (Fsp3) is 0.368. The number of rotatable bonds is 4. The highest BCUT2D eigenvalue weighted by molar-refractivity contribution is 6.04. The fourth-order valence-electron chi connectivity index (χ4n) is 3.25. The zero-order valence-corrected chi connectivity index (χ0v) is 14.3. The van der Waals surface area contributed by atoms with Gasteiger partial charge in [-0.15, -0.1) is 0 Å². The summed E-state index contributed by atoms with van der Waals surface area (Å²) in [6.07, 6.45) is 2.23. The van der Waals surface area contributed by atoms with E-state index in [2.05, 4.69) is 10.3 Å². The van der Waals surface area contributed by atoms with E-state index in [4.69, 9.17) is 4.74 Å². The van der Waals surface area contributed by atoms with Crippen molar-refractivity contribution in [2.75, 3.05) is 7.11 Å². The smallest absolute Gasteiger partial charge is 0.268 e. The van der Waals surface area contributed by atoms with Crippen molar-refractivity contribution in [3.05, 3.63) is 51.8 Å². The Morgan fingerprint density at radius 1 is 1.29 bits per heavy atom. The number of methoxy groups -OCH3 is 1. The third-order valence-corrected chi connectivity index (χ3v) is 4.59. The molecule has 0 radical (unpaired) electrons. The van der Waals surface area contributed by atoms with Crippen molar-refractivity contribution in [1.82, 2.24) is 10.3 Å². The molecule has 0 spiro atoms. The lowest BCUT2D eigenvalue weighted by atomic mass is 9.94. The topological polar surface area (TPSA) is 71.2 Å². The normalized spacial score (nSPS) is 13.5. The van der Waals surface area contributed by atoms with E-state index in [0.29, 0.717) is 24.2 Å². The van der Waals surface area contributed by atoms with Gasteiger partial charge < -0.3 is 15.0 Å². The monoisotopic (exact) mass is 326 g/mol. The second-order valence-electron chi connectivity index (χ2n) is 6.24. The Hall–Kier alpha value is -2.56. The summed E-state index contributed by atoms with van der Waals surface area (Å²) < 4.78 is 5.31. The number of ether oxygens (including phenoxy) is 1. The standard InChI is InChI=1S/C19H22N2O3/c1-11-7-8-13(9-16(11)24-3)10-20-19(23)18-12(2)17-14(21-18)5-4-6-15(17)22/h7-9,21H,4-6,10H2,1-3H3,(H,20,23). The van der Waals surface area contributed by atoms with Gasteiger partial charge in [0.25, 0.3) is 5.91 Å². The molecule has 126 valence electrons. The Balaban J connectivity index is 1.75. The van der Waals surface area contributed by atoms with Gasteiger partial charge in [-0.05, 0) is 49.4 Å². The van der Waals surface area contributed by atoms with Crippen LogP contribution in [0.5, 0.6) is 5.75 Å². The molecule has 1 aliphatic carbocycles. The molecule has 1 aromatic carbocycles. The number of amides is 1. The maximum absolute atomic E-state index is 12.5. The van der Waals surface area contributed by atoms with Crippen molar-refractivity contribution in [3.63, 3.8) is 0 Å². The number of aryl methyl sites for hydroxylation is 2. The number of benzene rings is 1. The molecule has 0 aliphatic heterocycles. The largest absolute Gasteiger partial charge is 0.496 e. The van der Waals surface area contributed by atoms with Gasteiger partial charge in [0, 0.05) is 24.2 Å². The first-order valence-electron chi connectivity index (χ1n) is 8.17. The van der Waals surface area contributed by atoms with Crippen molar-refractivity contribution in [3.8, 4) is 5.75 Å². The molecule has 1 heterocycles. The van der Waals surface area contributed by atoms with Crippen LogP contribution in [0.4, 0.5) is 0 Å². The number of hydrogen-bond acceptors (Lipinski definition) is 3. The lowest BCUT2D eigenvalue weighted by Crippen LogP contribution is -2.24. The van der Waals surface area contributed by atoms with Crippen LogP contribution in [0, 0.1) is 13.8 Å². The van der Waals surface area contributed by atoms with Crippen LogP contribution in [-0.2, 0) is 13.0 Å². The molecule has 0 saturated heterocycles. The van der Waals surface area contributed by atoms with Crippen molar-refractivity contribution in [1.29, 1.82) is 0 Å². The van der Waals surface area contributed by atoms with E-state index < -0.39 is 0 Å². The average Bonchev–Trinajstić information content (AvgIpc) is 2.92. The number of carbonyl (C=O) groups excluding carboxylic acids is 2. The number of H-pyrrole nitrogens is 1. The molecule has 0 atom stereocenters. The van der Waals surface area contributed by atoms with Gasteiger partial charge in [-0.25, -0.2) is 0 Å². The third-order valence-electron chi connectivity index (χ3n) is 4.59. The number of aromatic amines is 1.